The molecule has 2 aromatic rings. The summed E-state index contributed by atoms with van der Waals surface area (Å²) in [4.78, 5) is 4.10. The van der Waals surface area contributed by atoms with Crippen LogP contribution in [-0.2, 0) is 13.6 Å². The van der Waals surface area contributed by atoms with Crippen molar-refractivity contribution in [1.82, 2.24) is 14.8 Å². The molecule has 86 valence electrons. The summed E-state index contributed by atoms with van der Waals surface area (Å²) in [5.41, 5.74) is 7.20. The number of aryl methyl sites for hydroxylation is 1. The van der Waals surface area contributed by atoms with Crippen molar-refractivity contribution in [2.24, 2.45) is 7.05 Å². The molecule has 0 fully saturated rings. The predicted molar refractivity (Wildman–Crippen MR) is 63.9 cm³/mol. The Morgan fingerprint density at radius 1 is 1.59 bits per heavy atom. The first kappa shape index (κ1) is 11.0. The Morgan fingerprint density at radius 2 is 2.41 bits per heavy atom. The molecule has 17 heavy (non-hydrogen) atoms. The molecule has 2 heterocycles. The van der Waals surface area contributed by atoms with E-state index in [-0.39, 0.29) is 0 Å². The number of nitrogen functional groups attached to an aromatic ring is 1. The van der Waals surface area contributed by atoms with E-state index in [1.165, 1.54) is 0 Å². The quantitative estimate of drug-likeness (QED) is 0.813. The summed E-state index contributed by atoms with van der Waals surface area (Å²) in [7, 11) is 1.78. The Hall–Kier alpha value is -2.55. The predicted octanol–water partition coefficient (Wildman–Crippen LogP) is 0.881. The lowest BCUT2D eigenvalue weighted by Crippen LogP contribution is -2.06. The van der Waals surface area contributed by atoms with Gasteiger partial charge in [-0.2, -0.15) is 10.4 Å². The van der Waals surface area contributed by atoms with Gasteiger partial charge in [0.15, 0.2) is 0 Å². The molecule has 0 unspecified atom stereocenters. The molecule has 0 saturated carbocycles. The van der Waals surface area contributed by atoms with E-state index in [0.717, 1.165) is 5.56 Å². The van der Waals surface area contributed by atoms with Gasteiger partial charge >= 0.3 is 0 Å². The van der Waals surface area contributed by atoms with Crippen LogP contribution < -0.4 is 11.1 Å². The van der Waals surface area contributed by atoms with Gasteiger partial charge < -0.3 is 11.1 Å². The number of anilines is 2. The van der Waals surface area contributed by atoms with E-state index in [9.17, 15) is 0 Å². The number of hydrogen-bond donors (Lipinski definition) is 2. The van der Waals surface area contributed by atoms with E-state index in [1.54, 1.807) is 36.3 Å². The van der Waals surface area contributed by atoms with Crippen LogP contribution in [-0.4, -0.2) is 14.8 Å². The molecule has 2 rings (SSSR count). The third kappa shape index (κ3) is 2.18. The highest BCUT2D eigenvalue weighted by atomic mass is 15.3. The Labute approximate surface area is 98.7 Å². The first-order chi connectivity index (χ1) is 8.22. The Morgan fingerprint density at radius 3 is 3.06 bits per heavy atom. The topological polar surface area (TPSA) is 92.5 Å². The lowest BCUT2D eigenvalue weighted by Gasteiger charge is -2.06. The fourth-order valence-electron chi connectivity index (χ4n) is 1.44. The van der Waals surface area contributed by atoms with Crippen LogP contribution >= 0.6 is 0 Å². The summed E-state index contributed by atoms with van der Waals surface area (Å²) in [6, 6.07) is 5.51. The molecule has 0 aliphatic rings. The van der Waals surface area contributed by atoms with Crippen LogP contribution in [0.3, 0.4) is 0 Å². The van der Waals surface area contributed by atoms with Crippen molar-refractivity contribution in [3.05, 3.63) is 35.7 Å². The number of pyridine rings is 1. The molecular weight excluding hydrogens is 216 g/mol. The van der Waals surface area contributed by atoms with E-state index >= 15 is 0 Å². The number of nitrogens with one attached hydrogen (secondary N) is 1. The van der Waals surface area contributed by atoms with Gasteiger partial charge in [-0.1, -0.05) is 0 Å². The highest BCUT2D eigenvalue weighted by Gasteiger charge is 2.06. The van der Waals surface area contributed by atoms with Crippen LogP contribution in [0.5, 0.6) is 0 Å². The second-order valence-electron chi connectivity index (χ2n) is 3.54. The van der Waals surface area contributed by atoms with Crippen LogP contribution in [0.2, 0.25) is 0 Å². The monoisotopic (exact) mass is 228 g/mol. The molecule has 0 bridgehead atoms. The molecule has 0 spiro atoms. The van der Waals surface area contributed by atoms with Gasteiger partial charge in [-0.05, 0) is 12.1 Å². The second-order valence-corrected chi connectivity index (χ2v) is 3.54. The fourth-order valence-corrected chi connectivity index (χ4v) is 1.44. The number of hydrogen-bond acceptors (Lipinski definition) is 5. The van der Waals surface area contributed by atoms with Gasteiger partial charge in [0, 0.05) is 25.4 Å². The molecule has 2 aromatic heterocycles. The first-order valence-electron chi connectivity index (χ1n) is 5.07. The van der Waals surface area contributed by atoms with Crippen molar-refractivity contribution in [1.29, 1.82) is 5.26 Å². The third-order valence-electron chi connectivity index (χ3n) is 2.44. The summed E-state index contributed by atoms with van der Waals surface area (Å²) >= 11 is 0. The number of rotatable bonds is 3. The van der Waals surface area contributed by atoms with Gasteiger partial charge in [0.1, 0.15) is 17.7 Å². The minimum atomic E-state index is 0.491. The van der Waals surface area contributed by atoms with Crippen molar-refractivity contribution in [3.63, 3.8) is 0 Å². The lowest BCUT2D eigenvalue weighted by atomic mass is 10.2. The molecule has 0 amide bonds. The van der Waals surface area contributed by atoms with E-state index in [2.05, 4.69) is 21.5 Å². The molecule has 6 nitrogen and oxygen atoms in total. The number of nitriles is 1. The van der Waals surface area contributed by atoms with E-state index < -0.39 is 0 Å². The van der Waals surface area contributed by atoms with Gasteiger partial charge in [-0.15, -0.1) is 0 Å². The van der Waals surface area contributed by atoms with Gasteiger partial charge in [0.25, 0.3) is 0 Å². The largest absolute Gasteiger partial charge is 0.384 e. The van der Waals surface area contributed by atoms with Gasteiger partial charge in [0.05, 0.1) is 11.8 Å². The third-order valence-corrected chi connectivity index (χ3v) is 2.44. The summed E-state index contributed by atoms with van der Waals surface area (Å²) in [6.45, 7) is 0.491. The second kappa shape index (κ2) is 4.53. The number of nitrogens with zero attached hydrogens (tertiary/aromatic N) is 4. The van der Waals surface area contributed by atoms with Gasteiger partial charge in [0.2, 0.25) is 0 Å². The van der Waals surface area contributed by atoms with Crippen LogP contribution in [0.15, 0.2) is 24.5 Å². The van der Waals surface area contributed by atoms with Crippen LogP contribution in [0.1, 0.15) is 11.1 Å². The lowest BCUT2D eigenvalue weighted by molar-refractivity contribution is 0.778. The normalized spacial score (nSPS) is 9.88. The highest BCUT2D eigenvalue weighted by Crippen LogP contribution is 2.14. The smallest absolute Gasteiger partial charge is 0.144 e. The maximum atomic E-state index is 8.90. The van der Waals surface area contributed by atoms with Crippen molar-refractivity contribution >= 4 is 11.6 Å². The molecule has 0 aliphatic carbocycles. The summed E-state index contributed by atoms with van der Waals surface area (Å²) in [5, 5.41) is 16.0. The summed E-state index contributed by atoms with van der Waals surface area (Å²) < 4.78 is 1.60. The zero-order valence-corrected chi connectivity index (χ0v) is 9.38. The molecule has 0 atom stereocenters. The van der Waals surface area contributed by atoms with Crippen molar-refractivity contribution in [2.75, 3.05) is 11.1 Å². The minimum absolute atomic E-state index is 0.491. The van der Waals surface area contributed by atoms with E-state index in [1.807, 2.05) is 0 Å². The summed E-state index contributed by atoms with van der Waals surface area (Å²) in [5.74, 6) is 1.16. The van der Waals surface area contributed by atoms with E-state index in [0.29, 0.717) is 23.7 Å². The van der Waals surface area contributed by atoms with Crippen molar-refractivity contribution in [2.45, 2.75) is 6.54 Å². The zero-order valence-electron chi connectivity index (χ0n) is 9.38. The molecule has 0 saturated heterocycles. The van der Waals surface area contributed by atoms with Gasteiger partial charge in [-0.25, -0.2) is 4.98 Å². The van der Waals surface area contributed by atoms with Crippen LogP contribution in [0.25, 0.3) is 0 Å². The molecule has 6 heteroatoms. The maximum Gasteiger partial charge on any atom is 0.144 e. The number of aromatic nitrogens is 3. The average Bonchev–Trinajstić information content (AvgIpc) is 2.68. The Bertz CT molecular complexity index is 566. The Balaban J connectivity index is 2.13. The van der Waals surface area contributed by atoms with Crippen molar-refractivity contribution in [3.8, 4) is 6.07 Å². The summed E-state index contributed by atoms with van der Waals surface area (Å²) in [6.07, 6.45) is 3.33. The van der Waals surface area contributed by atoms with Crippen LogP contribution in [0.4, 0.5) is 11.6 Å². The standard InChI is InChI=1S/C11H12N6/c1-17-10(13)9(7-16-17)6-15-11-8(5-12)3-2-4-14-11/h2-4,7H,6,13H2,1H3,(H,14,15). The molecule has 3 N–H and O–H groups in total. The highest BCUT2D eigenvalue weighted by molar-refractivity contribution is 5.52. The minimum Gasteiger partial charge on any atom is -0.384 e. The zero-order chi connectivity index (χ0) is 12.3. The molecule has 0 aromatic carbocycles. The molecular formula is C11H12N6. The molecule has 0 aliphatic heterocycles. The van der Waals surface area contributed by atoms with Crippen LogP contribution in [0, 0.1) is 11.3 Å². The van der Waals surface area contributed by atoms with Gasteiger partial charge in [-0.3, -0.25) is 4.68 Å². The SMILES string of the molecule is Cn1ncc(CNc2ncccc2C#N)c1N. The number of nitrogens with two attached hydrogens (primary N) is 1. The molecule has 0 radical (unpaired) electrons. The maximum absolute atomic E-state index is 8.90. The first-order valence-corrected chi connectivity index (χ1v) is 5.07. The van der Waals surface area contributed by atoms with E-state index in [4.69, 9.17) is 11.0 Å². The average molecular weight is 228 g/mol. The van der Waals surface area contributed by atoms with Crippen molar-refractivity contribution < 1.29 is 0 Å². The fraction of sp³-hybridized carbons (Fsp3) is 0.182. The Kier molecular flexibility index (Phi) is 2.92.